The van der Waals surface area contributed by atoms with E-state index in [2.05, 4.69) is 34.2 Å². The molecule has 3 N–H and O–H groups in total. The Balaban J connectivity index is 1.92. The molecule has 0 amide bonds. The fourth-order valence-corrected chi connectivity index (χ4v) is 3.17. The van der Waals surface area contributed by atoms with E-state index in [0.717, 1.165) is 34.4 Å². The first-order valence-corrected chi connectivity index (χ1v) is 8.82. The van der Waals surface area contributed by atoms with E-state index in [1.165, 1.54) is 5.56 Å². The van der Waals surface area contributed by atoms with E-state index in [-0.39, 0.29) is 0 Å². The third kappa shape index (κ3) is 3.17. The number of nitrogen functional groups attached to an aromatic ring is 1. The molecule has 0 saturated carbocycles. The molecular weight excluding hydrogens is 338 g/mol. The van der Waals surface area contributed by atoms with Gasteiger partial charge in [-0.3, -0.25) is 10.00 Å². The standard InChI is InChI=1S/C21H21N5O/c1-3-14-5-4-6-16(11-14)26(19-9-10-23-25-19)20-13-15-12-17(27-2)7-8-18(15)21(22)24-20/h4-13H,3H2,1-2H3,(H2,22,24)(H,23,25). The molecule has 0 aliphatic carbocycles. The van der Waals surface area contributed by atoms with Gasteiger partial charge in [0.1, 0.15) is 23.2 Å². The van der Waals surface area contributed by atoms with Crippen LogP contribution in [-0.2, 0) is 6.42 Å². The molecule has 4 aromatic rings. The SMILES string of the molecule is CCc1cccc(N(c2cc3cc(OC)ccc3c(N)n2)c2ccn[nH]2)c1. The van der Waals surface area contributed by atoms with E-state index in [9.17, 15) is 0 Å². The van der Waals surface area contributed by atoms with Gasteiger partial charge in [-0.1, -0.05) is 19.1 Å². The number of pyridine rings is 1. The van der Waals surface area contributed by atoms with Crippen LogP contribution in [0.5, 0.6) is 5.75 Å². The molecule has 0 aliphatic heterocycles. The summed E-state index contributed by atoms with van der Waals surface area (Å²) in [5, 5.41) is 9.00. The second-order valence-corrected chi connectivity index (χ2v) is 6.25. The van der Waals surface area contributed by atoms with Crippen LogP contribution in [0.25, 0.3) is 10.8 Å². The van der Waals surface area contributed by atoms with Crippen molar-refractivity contribution in [2.45, 2.75) is 13.3 Å². The predicted molar refractivity (Wildman–Crippen MR) is 109 cm³/mol. The number of nitrogens with one attached hydrogen (secondary N) is 1. The van der Waals surface area contributed by atoms with Gasteiger partial charge in [-0.05, 0) is 53.8 Å². The fraction of sp³-hybridized carbons (Fsp3) is 0.143. The molecule has 0 spiro atoms. The molecule has 6 heteroatoms. The number of fused-ring (bicyclic) bond motifs is 1. The first kappa shape index (κ1) is 16.9. The van der Waals surface area contributed by atoms with E-state index in [0.29, 0.717) is 11.6 Å². The van der Waals surface area contributed by atoms with E-state index in [1.807, 2.05) is 47.4 Å². The molecule has 4 rings (SSSR count). The number of aromatic amines is 1. The fourth-order valence-electron chi connectivity index (χ4n) is 3.17. The normalized spacial score (nSPS) is 10.9. The van der Waals surface area contributed by atoms with Crippen LogP contribution in [0, 0.1) is 0 Å². The minimum Gasteiger partial charge on any atom is -0.497 e. The lowest BCUT2D eigenvalue weighted by molar-refractivity contribution is 0.415. The number of nitrogens with two attached hydrogens (primary N) is 1. The van der Waals surface area contributed by atoms with Gasteiger partial charge >= 0.3 is 0 Å². The quantitative estimate of drug-likeness (QED) is 0.545. The monoisotopic (exact) mass is 359 g/mol. The minimum absolute atomic E-state index is 0.473. The van der Waals surface area contributed by atoms with E-state index >= 15 is 0 Å². The number of H-pyrrole nitrogens is 1. The van der Waals surface area contributed by atoms with E-state index < -0.39 is 0 Å². The third-order valence-corrected chi connectivity index (χ3v) is 4.59. The van der Waals surface area contributed by atoms with Crippen LogP contribution in [0.3, 0.4) is 0 Å². The molecule has 0 radical (unpaired) electrons. The predicted octanol–water partition coefficient (Wildman–Crippen LogP) is 4.58. The number of hydrogen-bond acceptors (Lipinski definition) is 5. The number of hydrogen-bond donors (Lipinski definition) is 2. The average Bonchev–Trinajstić information content (AvgIpc) is 3.22. The number of aromatic nitrogens is 3. The van der Waals surface area contributed by atoms with E-state index in [1.54, 1.807) is 13.3 Å². The molecule has 136 valence electrons. The van der Waals surface area contributed by atoms with Crippen molar-refractivity contribution >= 4 is 33.9 Å². The highest BCUT2D eigenvalue weighted by Gasteiger charge is 2.17. The van der Waals surface area contributed by atoms with Gasteiger partial charge in [-0.15, -0.1) is 0 Å². The number of nitrogens with zero attached hydrogens (tertiary/aromatic N) is 3. The van der Waals surface area contributed by atoms with Crippen molar-refractivity contribution in [3.63, 3.8) is 0 Å². The Labute approximate surface area is 157 Å². The Morgan fingerprint density at radius 3 is 2.74 bits per heavy atom. The van der Waals surface area contributed by atoms with Crippen LogP contribution >= 0.6 is 0 Å². The number of anilines is 4. The zero-order valence-corrected chi connectivity index (χ0v) is 15.3. The second-order valence-electron chi connectivity index (χ2n) is 6.25. The van der Waals surface area contributed by atoms with Crippen LogP contribution in [0.15, 0.2) is 60.8 Å². The summed E-state index contributed by atoms with van der Waals surface area (Å²) in [5.41, 5.74) is 8.51. The summed E-state index contributed by atoms with van der Waals surface area (Å²) >= 11 is 0. The summed E-state index contributed by atoms with van der Waals surface area (Å²) < 4.78 is 5.36. The largest absolute Gasteiger partial charge is 0.497 e. The van der Waals surface area contributed by atoms with Gasteiger partial charge in [0, 0.05) is 17.1 Å². The van der Waals surface area contributed by atoms with Crippen molar-refractivity contribution < 1.29 is 4.74 Å². The highest BCUT2D eigenvalue weighted by Crippen LogP contribution is 2.36. The number of ether oxygens (including phenoxy) is 1. The maximum atomic E-state index is 6.27. The third-order valence-electron chi connectivity index (χ3n) is 4.59. The number of rotatable bonds is 5. The Morgan fingerprint density at radius 2 is 2.00 bits per heavy atom. The van der Waals surface area contributed by atoms with E-state index in [4.69, 9.17) is 10.5 Å². The van der Waals surface area contributed by atoms with Crippen molar-refractivity contribution in [1.82, 2.24) is 15.2 Å². The molecule has 0 saturated heterocycles. The van der Waals surface area contributed by atoms with Crippen LogP contribution in [0.4, 0.5) is 23.1 Å². The molecule has 2 heterocycles. The summed E-state index contributed by atoms with van der Waals surface area (Å²) in [6.07, 6.45) is 2.68. The number of methoxy groups -OCH3 is 1. The lowest BCUT2D eigenvalue weighted by Crippen LogP contribution is -2.13. The van der Waals surface area contributed by atoms with Crippen molar-refractivity contribution in [3.8, 4) is 5.75 Å². The summed E-state index contributed by atoms with van der Waals surface area (Å²) in [4.78, 5) is 6.68. The number of benzene rings is 2. The molecule has 0 unspecified atom stereocenters. The first-order valence-electron chi connectivity index (χ1n) is 8.82. The Morgan fingerprint density at radius 1 is 1.11 bits per heavy atom. The zero-order chi connectivity index (χ0) is 18.8. The van der Waals surface area contributed by atoms with Gasteiger partial charge < -0.3 is 10.5 Å². The number of aryl methyl sites for hydroxylation is 1. The average molecular weight is 359 g/mol. The second kappa shape index (κ2) is 6.99. The van der Waals surface area contributed by atoms with Gasteiger partial charge in [0.25, 0.3) is 0 Å². The van der Waals surface area contributed by atoms with Crippen LogP contribution in [-0.4, -0.2) is 22.3 Å². The van der Waals surface area contributed by atoms with Crippen molar-refractivity contribution in [2.75, 3.05) is 17.7 Å². The van der Waals surface area contributed by atoms with Crippen molar-refractivity contribution in [3.05, 3.63) is 66.4 Å². The van der Waals surface area contributed by atoms with Gasteiger partial charge in [0.15, 0.2) is 0 Å². The molecule has 0 fully saturated rings. The lowest BCUT2D eigenvalue weighted by Gasteiger charge is -2.23. The van der Waals surface area contributed by atoms with Crippen LogP contribution < -0.4 is 15.4 Å². The maximum absolute atomic E-state index is 6.27. The summed E-state index contributed by atoms with van der Waals surface area (Å²) in [6.45, 7) is 2.14. The Bertz CT molecular complexity index is 1080. The summed E-state index contributed by atoms with van der Waals surface area (Å²) in [6, 6.07) is 18.1. The van der Waals surface area contributed by atoms with Gasteiger partial charge in [-0.2, -0.15) is 5.10 Å². The molecule has 0 aliphatic rings. The molecule has 0 atom stereocenters. The topological polar surface area (TPSA) is 80.1 Å². The minimum atomic E-state index is 0.473. The van der Waals surface area contributed by atoms with Gasteiger partial charge in [-0.25, -0.2) is 4.98 Å². The molecule has 0 bridgehead atoms. The molecular formula is C21H21N5O. The highest BCUT2D eigenvalue weighted by molar-refractivity contribution is 5.95. The van der Waals surface area contributed by atoms with Crippen molar-refractivity contribution in [2.24, 2.45) is 0 Å². The summed E-state index contributed by atoms with van der Waals surface area (Å²) in [5.74, 6) is 2.78. The maximum Gasteiger partial charge on any atom is 0.141 e. The van der Waals surface area contributed by atoms with Crippen molar-refractivity contribution in [1.29, 1.82) is 0 Å². The van der Waals surface area contributed by atoms with Gasteiger partial charge in [0.2, 0.25) is 0 Å². The lowest BCUT2D eigenvalue weighted by atomic mass is 10.1. The smallest absolute Gasteiger partial charge is 0.141 e. The molecule has 6 nitrogen and oxygen atoms in total. The first-order chi connectivity index (χ1) is 13.2. The molecule has 27 heavy (non-hydrogen) atoms. The zero-order valence-electron chi connectivity index (χ0n) is 15.3. The van der Waals surface area contributed by atoms with Gasteiger partial charge in [0.05, 0.1) is 13.3 Å². The molecule has 2 aromatic carbocycles. The summed E-state index contributed by atoms with van der Waals surface area (Å²) in [7, 11) is 1.65. The van der Waals surface area contributed by atoms with Crippen LogP contribution in [0.1, 0.15) is 12.5 Å². The highest BCUT2D eigenvalue weighted by atomic mass is 16.5. The Kier molecular flexibility index (Phi) is 4.38. The molecule has 2 aromatic heterocycles. The Hall–Kier alpha value is -3.54. The van der Waals surface area contributed by atoms with Crippen LogP contribution in [0.2, 0.25) is 0 Å².